The van der Waals surface area contributed by atoms with Gasteiger partial charge < -0.3 is 9.64 Å². The molecule has 152 valence electrons. The molecule has 1 saturated heterocycles. The molecule has 0 radical (unpaired) electrons. The summed E-state index contributed by atoms with van der Waals surface area (Å²) in [6.07, 6.45) is 0. The molecule has 1 amide bonds. The molecule has 29 heavy (non-hydrogen) atoms. The van der Waals surface area contributed by atoms with Crippen molar-refractivity contribution in [1.29, 1.82) is 0 Å². The number of morpholine rings is 1. The standard InChI is InChI=1S/C23H27N3O2S/c1-16-7-8-19(15-18(16)3)22(27)26(10-9-25-11-13-28-14-12-25)23-24-21-17(2)5-4-6-20(21)29-23/h4-8,15H,9-14H2,1-3H3/p+1. The molecular formula is C23H28N3O2S+. The van der Waals surface area contributed by atoms with Crippen LogP contribution in [-0.2, 0) is 4.74 Å². The quantitative estimate of drug-likeness (QED) is 0.704. The highest BCUT2D eigenvalue weighted by Gasteiger charge is 2.24. The van der Waals surface area contributed by atoms with Gasteiger partial charge in [0, 0.05) is 5.56 Å². The largest absolute Gasteiger partial charge is 0.370 e. The molecule has 3 aromatic rings. The van der Waals surface area contributed by atoms with Crippen molar-refractivity contribution in [3.63, 3.8) is 0 Å². The molecule has 2 heterocycles. The molecule has 0 atom stereocenters. The third-order valence-corrected chi connectivity index (χ3v) is 6.77. The Morgan fingerprint density at radius 1 is 1.10 bits per heavy atom. The van der Waals surface area contributed by atoms with E-state index in [4.69, 9.17) is 9.72 Å². The molecule has 0 unspecified atom stereocenters. The van der Waals surface area contributed by atoms with Crippen LogP contribution < -0.4 is 9.80 Å². The summed E-state index contributed by atoms with van der Waals surface area (Å²) >= 11 is 1.60. The summed E-state index contributed by atoms with van der Waals surface area (Å²) in [5, 5.41) is 0.783. The van der Waals surface area contributed by atoms with Crippen molar-refractivity contribution in [2.45, 2.75) is 20.8 Å². The molecule has 1 aromatic heterocycles. The van der Waals surface area contributed by atoms with Gasteiger partial charge in [-0.3, -0.25) is 9.69 Å². The Hall–Kier alpha value is -2.28. The van der Waals surface area contributed by atoms with Gasteiger partial charge in [0.1, 0.15) is 13.1 Å². The zero-order valence-corrected chi connectivity index (χ0v) is 18.1. The first-order valence-corrected chi connectivity index (χ1v) is 11.0. The summed E-state index contributed by atoms with van der Waals surface area (Å²) in [6.45, 7) is 11.3. The van der Waals surface area contributed by atoms with E-state index in [2.05, 4.69) is 32.9 Å². The van der Waals surface area contributed by atoms with Gasteiger partial charge >= 0.3 is 0 Å². The predicted octanol–water partition coefficient (Wildman–Crippen LogP) is 2.78. The minimum Gasteiger partial charge on any atom is -0.370 e. The third-order valence-electron chi connectivity index (χ3n) is 5.73. The summed E-state index contributed by atoms with van der Waals surface area (Å²) < 4.78 is 6.60. The van der Waals surface area contributed by atoms with E-state index < -0.39 is 0 Å². The van der Waals surface area contributed by atoms with Crippen LogP contribution in [0, 0.1) is 20.8 Å². The van der Waals surface area contributed by atoms with Gasteiger partial charge in [0.05, 0.1) is 36.5 Å². The summed E-state index contributed by atoms with van der Waals surface area (Å²) in [5.41, 5.74) is 5.18. The zero-order valence-electron chi connectivity index (χ0n) is 17.3. The lowest BCUT2D eigenvalue weighted by Crippen LogP contribution is -3.14. The van der Waals surface area contributed by atoms with Gasteiger partial charge in [0.25, 0.3) is 5.91 Å². The Morgan fingerprint density at radius 2 is 1.90 bits per heavy atom. The Kier molecular flexibility index (Phi) is 5.94. The van der Waals surface area contributed by atoms with Crippen molar-refractivity contribution >= 4 is 32.6 Å². The molecule has 1 aliphatic heterocycles. The number of quaternary nitrogens is 1. The number of aryl methyl sites for hydroxylation is 3. The van der Waals surface area contributed by atoms with Crippen molar-refractivity contribution in [3.05, 3.63) is 58.7 Å². The number of nitrogens with one attached hydrogen (secondary N) is 1. The summed E-state index contributed by atoms with van der Waals surface area (Å²) in [6, 6.07) is 12.1. The first-order chi connectivity index (χ1) is 14.0. The number of ether oxygens (including phenoxy) is 1. The summed E-state index contributed by atoms with van der Waals surface area (Å²) in [5.74, 6) is 0.0254. The molecule has 0 saturated carbocycles. The zero-order chi connectivity index (χ0) is 20.4. The van der Waals surface area contributed by atoms with Crippen LogP contribution in [-0.4, -0.2) is 50.3 Å². The fraction of sp³-hybridized carbons (Fsp3) is 0.391. The number of anilines is 1. The minimum atomic E-state index is 0.0254. The number of aromatic nitrogens is 1. The lowest BCUT2D eigenvalue weighted by Gasteiger charge is -2.27. The molecular weight excluding hydrogens is 382 g/mol. The smallest absolute Gasteiger partial charge is 0.260 e. The number of rotatable bonds is 5. The number of benzene rings is 2. The third kappa shape index (κ3) is 4.34. The summed E-state index contributed by atoms with van der Waals surface area (Å²) in [4.78, 5) is 21.7. The Labute approximate surface area is 175 Å². The van der Waals surface area contributed by atoms with Crippen LogP contribution in [0.5, 0.6) is 0 Å². The van der Waals surface area contributed by atoms with Gasteiger partial charge in [-0.25, -0.2) is 4.98 Å². The van der Waals surface area contributed by atoms with Gasteiger partial charge in [0.15, 0.2) is 5.13 Å². The van der Waals surface area contributed by atoms with Crippen LogP contribution >= 0.6 is 11.3 Å². The maximum Gasteiger partial charge on any atom is 0.260 e. The number of amides is 1. The maximum absolute atomic E-state index is 13.5. The fourth-order valence-electron chi connectivity index (χ4n) is 3.68. The van der Waals surface area contributed by atoms with E-state index in [1.54, 1.807) is 11.3 Å². The molecule has 5 nitrogen and oxygen atoms in total. The monoisotopic (exact) mass is 410 g/mol. The average molecular weight is 411 g/mol. The van der Waals surface area contributed by atoms with Crippen molar-refractivity contribution in [3.8, 4) is 0 Å². The maximum atomic E-state index is 13.5. The minimum absolute atomic E-state index is 0.0254. The molecule has 1 fully saturated rings. The number of para-hydroxylation sites is 1. The van der Waals surface area contributed by atoms with Gasteiger partial charge in [0.2, 0.25) is 0 Å². The lowest BCUT2D eigenvalue weighted by molar-refractivity contribution is -0.906. The van der Waals surface area contributed by atoms with Crippen molar-refractivity contribution in [2.24, 2.45) is 0 Å². The van der Waals surface area contributed by atoms with E-state index in [1.807, 2.05) is 29.2 Å². The van der Waals surface area contributed by atoms with Crippen LogP contribution in [0.25, 0.3) is 10.2 Å². The van der Waals surface area contributed by atoms with Gasteiger partial charge in [-0.2, -0.15) is 0 Å². The van der Waals surface area contributed by atoms with Crippen molar-refractivity contribution in [2.75, 3.05) is 44.3 Å². The van der Waals surface area contributed by atoms with E-state index in [1.165, 1.54) is 10.5 Å². The van der Waals surface area contributed by atoms with E-state index in [9.17, 15) is 4.79 Å². The van der Waals surface area contributed by atoms with Crippen LogP contribution in [0.15, 0.2) is 36.4 Å². The van der Waals surface area contributed by atoms with E-state index in [-0.39, 0.29) is 5.91 Å². The van der Waals surface area contributed by atoms with Crippen molar-refractivity contribution in [1.82, 2.24) is 4.98 Å². The second-order valence-corrected chi connectivity index (χ2v) is 8.80. The molecule has 1 N–H and O–H groups in total. The topological polar surface area (TPSA) is 46.9 Å². The molecule has 0 spiro atoms. The van der Waals surface area contributed by atoms with Gasteiger partial charge in [-0.1, -0.05) is 29.5 Å². The lowest BCUT2D eigenvalue weighted by atomic mass is 10.1. The SMILES string of the molecule is Cc1ccc(C(=O)N(CC[NH+]2CCOCC2)c2nc3c(C)cccc3s2)cc1C. The van der Waals surface area contributed by atoms with Gasteiger partial charge in [-0.05, 0) is 55.7 Å². The van der Waals surface area contributed by atoms with E-state index in [0.717, 1.165) is 64.9 Å². The number of fused-ring (bicyclic) bond motifs is 1. The number of thiazole rings is 1. The van der Waals surface area contributed by atoms with Crippen LogP contribution in [0.1, 0.15) is 27.0 Å². The van der Waals surface area contributed by atoms with Crippen molar-refractivity contribution < 1.29 is 14.4 Å². The first kappa shape index (κ1) is 20.0. The average Bonchev–Trinajstić information content (AvgIpc) is 3.16. The number of hydrogen-bond acceptors (Lipinski definition) is 4. The molecule has 6 heteroatoms. The molecule has 0 aliphatic carbocycles. The second-order valence-electron chi connectivity index (χ2n) is 7.79. The van der Waals surface area contributed by atoms with Crippen LogP contribution in [0.3, 0.4) is 0 Å². The molecule has 4 rings (SSSR count). The van der Waals surface area contributed by atoms with Crippen LogP contribution in [0.2, 0.25) is 0 Å². The first-order valence-electron chi connectivity index (χ1n) is 10.2. The Morgan fingerprint density at radius 3 is 2.62 bits per heavy atom. The molecule has 0 bridgehead atoms. The number of hydrogen-bond donors (Lipinski definition) is 1. The Balaban J connectivity index is 1.66. The van der Waals surface area contributed by atoms with Gasteiger partial charge in [-0.15, -0.1) is 0 Å². The number of carbonyl (C=O) groups excluding carboxylic acids is 1. The Bertz CT molecular complexity index is 1020. The number of nitrogens with zero attached hydrogens (tertiary/aromatic N) is 2. The highest BCUT2D eigenvalue weighted by atomic mass is 32.1. The highest BCUT2D eigenvalue weighted by Crippen LogP contribution is 2.31. The fourth-order valence-corrected chi connectivity index (χ4v) is 4.75. The van der Waals surface area contributed by atoms with E-state index >= 15 is 0 Å². The van der Waals surface area contributed by atoms with Crippen LogP contribution in [0.4, 0.5) is 5.13 Å². The normalized spacial score (nSPS) is 15.0. The highest BCUT2D eigenvalue weighted by molar-refractivity contribution is 7.22. The predicted molar refractivity (Wildman–Crippen MR) is 118 cm³/mol. The second kappa shape index (κ2) is 8.61. The van der Waals surface area contributed by atoms with E-state index in [0.29, 0.717) is 6.54 Å². The molecule has 2 aromatic carbocycles. The summed E-state index contributed by atoms with van der Waals surface area (Å²) in [7, 11) is 0. The number of carbonyl (C=O) groups is 1. The molecule has 1 aliphatic rings.